The van der Waals surface area contributed by atoms with E-state index in [0.717, 1.165) is 32.7 Å². The van der Waals surface area contributed by atoms with Crippen LogP contribution in [-0.2, 0) is 0 Å². The van der Waals surface area contributed by atoms with E-state index < -0.39 is 0 Å². The summed E-state index contributed by atoms with van der Waals surface area (Å²) in [6.07, 6.45) is 10.4. The van der Waals surface area contributed by atoms with Gasteiger partial charge in [-0.05, 0) is 6.42 Å². The molecule has 1 aliphatic rings. The third-order valence-electron chi connectivity index (χ3n) is 2.49. The van der Waals surface area contributed by atoms with Crippen LogP contribution >= 0.6 is 12.6 Å². The number of terminal acetylenes is 1. The Morgan fingerprint density at radius 1 is 1.20 bits per heavy atom. The van der Waals surface area contributed by atoms with Crippen LogP contribution in [0.15, 0.2) is 0 Å². The summed E-state index contributed by atoms with van der Waals surface area (Å²) in [5, 5.41) is 11.8. The number of nitrogens with one attached hydrogen (secondary N) is 1. The zero-order valence-corrected chi connectivity index (χ0v) is 15.0. The summed E-state index contributed by atoms with van der Waals surface area (Å²) in [6, 6.07) is 0. The second-order valence-electron chi connectivity index (χ2n) is 4.88. The molecule has 0 saturated carbocycles. The van der Waals surface area contributed by atoms with E-state index >= 15 is 0 Å². The van der Waals surface area contributed by atoms with Crippen LogP contribution in [0.4, 0.5) is 0 Å². The maximum Gasteiger partial charge on any atom is 0.0558 e. The van der Waals surface area contributed by atoms with Crippen molar-refractivity contribution in [3.8, 4) is 12.8 Å². The van der Waals surface area contributed by atoms with Crippen molar-refractivity contribution in [1.29, 1.82) is 0 Å². The van der Waals surface area contributed by atoms with Crippen molar-refractivity contribution in [3.63, 3.8) is 0 Å². The van der Waals surface area contributed by atoms with Gasteiger partial charge >= 0.3 is 0 Å². The van der Waals surface area contributed by atoms with Crippen LogP contribution in [0.3, 0.4) is 0 Å². The van der Waals surface area contributed by atoms with Crippen molar-refractivity contribution >= 4 is 12.6 Å². The van der Waals surface area contributed by atoms with Gasteiger partial charge in [0.2, 0.25) is 0 Å². The van der Waals surface area contributed by atoms with Gasteiger partial charge < -0.3 is 10.4 Å². The number of hydrogen-bond donors (Lipinski definition) is 3. The van der Waals surface area contributed by atoms with Gasteiger partial charge in [0.25, 0.3) is 0 Å². The van der Waals surface area contributed by atoms with E-state index in [4.69, 9.17) is 5.11 Å². The molecule has 0 radical (unpaired) electrons. The third-order valence-corrected chi connectivity index (χ3v) is 2.71. The second kappa shape index (κ2) is 18.8. The Bertz CT molecular complexity index is 182. The highest BCUT2D eigenvalue weighted by atomic mass is 32.1. The van der Waals surface area contributed by atoms with Crippen LogP contribution in [0.25, 0.3) is 0 Å². The van der Waals surface area contributed by atoms with Crippen molar-refractivity contribution in [2.24, 2.45) is 0 Å². The Morgan fingerprint density at radius 2 is 1.65 bits per heavy atom. The first-order valence-electron chi connectivity index (χ1n) is 7.59. The Kier molecular flexibility index (Phi) is 23.3. The molecular weight excluding hydrogens is 268 g/mol. The second-order valence-corrected chi connectivity index (χ2v) is 6.09. The van der Waals surface area contributed by atoms with Gasteiger partial charge in [0.1, 0.15) is 0 Å². The van der Waals surface area contributed by atoms with Crippen LogP contribution in [0.1, 0.15) is 47.5 Å². The van der Waals surface area contributed by atoms with Crippen LogP contribution in [0.5, 0.6) is 0 Å². The zero-order chi connectivity index (χ0) is 16.4. The molecule has 0 bridgehead atoms. The van der Waals surface area contributed by atoms with E-state index in [9.17, 15) is 0 Å². The molecule has 20 heavy (non-hydrogen) atoms. The van der Waals surface area contributed by atoms with E-state index in [-0.39, 0.29) is 4.75 Å². The molecule has 0 spiro atoms. The summed E-state index contributed by atoms with van der Waals surface area (Å²) >= 11 is 4.33. The molecule has 0 aromatic heterocycles. The monoisotopic (exact) mass is 304 g/mol. The Labute approximate surface area is 132 Å². The highest BCUT2D eigenvalue weighted by Gasteiger charge is 2.07. The van der Waals surface area contributed by atoms with Crippen LogP contribution in [0.2, 0.25) is 0 Å². The summed E-state index contributed by atoms with van der Waals surface area (Å²) < 4.78 is 0.245. The number of piperazine rings is 1. The fraction of sp³-hybridized carbons (Fsp3) is 0.875. The lowest BCUT2D eigenvalue weighted by Gasteiger charge is -2.25. The Balaban J connectivity index is -0.000000236. The van der Waals surface area contributed by atoms with Crippen LogP contribution in [0, 0.1) is 12.8 Å². The van der Waals surface area contributed by atoms with Crippen molar-refractivity contribution in [3.05, 3.63) is 0 Å². The van der Waals surface area contributed by atoms with Gasteiger partial charge in [-0.3, -0.25) is 4.90 Å². The first-order chi connectivity index (χ1) is 9.49. The first-order valence-corrected chi connectivity index (χ1v) is 8.04. The molecule has 1 heterocycles. The number of nitrogens with zero attached hydrogens (tertiary/aromatic N) is 1. The molecule has 2 N–H and O–H groups in total. The molecular formula is C16H36N2OS. The average Bonchev–Trinajstić information content (AvgIpc) is 2.44. The SMILES string of the molecule is C#C.CC.CCCC(C)(C)S.OCCN1CCNCC1. The molecule has 0 unspecified atom stereocenters. The summed E-state index contributed by atoms with van der Waals surface area (Å²) in [7, 11) is 0. The van der Waals surface area contributed by atoms with E-state index in [2.05, 4.69) is 56.5 Å². The van der Waals surface area contributed by atoms with Gasteiger partial charge in [-0.1, -0.05) is 41.0 Å². The molecule has 0 aromatic carbocycles. The maximum atomic E-state index is 8.56. The fourth-order valence-electron chi connectivity index (χ4n) is 1.69. The van der Waals surface area contributed by atoms with E-state index in [1.807, 2.05) is 13.8 Å². The lowest BCUT2D eigenvalue weighted by Crippen LogP contribution is -2.44. The number of thiol groups is 1. The third kappa shape index (κ3) is 22.9. The summed E-state index contributed by atoms with van der Waals surface area (Å²) in [6.45, 7) is 15.9. The van der Waals surface area contributed by atoms with E-state index in [0.29, 0.717) is 6.61 Å². The summed E-state index contributed by atoms with van der Waals surface area (Å²) in [4.78, 5) is 2.26. The predicted molar refractivity (Wildman–Crippen MR) is 95.6 cm³/mol. The minimum atomic E-state index is 0.245. The van der Waals surface area contributed by atoms with E-state index in [1.165, 1.54) is 12.8 Å². The lowest BCUT2D eigenvalue weighted by molar-refractivity contribution is 0.180. The molecule has 1 aliphatic heterocycles. The van der Waals surface area contributed by atoms with Crippen molar-refractivity contribution < 1.29 is 5.11 Å². The molecule has 0 aromatic rings. The minimum absolute atomic E-state index is 0.245. The van der Waals surface area contributed by atoms with Gasteiger partial charge in [-0.15, -0.1) is 12.8 Å². The zero-order valence-electron chi connectivity index (χ0n) is 14.2. The average molecular weight is 305 g/mol. The Hall–Kier alpha value is -0.210. The summed E-state index contributed by atoms with van der Waals surface area (Å²) in [5.74, 6) is 0. The molecule has 122 valence electrons. The number of hydrogen-bond acceptors (Lipinski definition) is 4. The minimum Gasteiger partial charge on any atom is -0.395 e. The Morgan fingerprint density at radius 3 is 1.90 bits per heavy atom. The number of rotatable bonds is 4. The normalized spacial score (nSPS) is 14.7. The highest BCUT2D eigenvalue weighted by molar-refractivity contribution is 7.81. The molecule has 1 rings (SSSR count). The number of aliphatic hydroxyl groups is 1. The predicted octanol–water partition coefficient (Wildman–Crippen LogP) is 2.65. The quantitative estimate of drug-likeness (QED) is 0.552. The first kappa shape index (κ1) is 24.8. The van der Waals surface area contributed by atoms with Gasteiger partial charge in [-0.25, -0.2) is 0 Å². The van der Waals surface area contributed by atoms with Crippen LogP contribution < -0.4 is 5.32 Å². The molecule has 4 heteroatoms. The van der Waals surface area contributed by atoms with Gasteiger partial charge in [0.05, 0.1) is 6.61 Å². The highest BCUT2D eigenvalue weighted by Crippen LogP contribution is 2.17. The van der Waals surface area contributed by atoms with Gasteiger partial charge in [0, 0.05) is 37.5 Å². The standard InChI is InChI=1S/C6H14N2O.C6H14S.C2H6.C2H2/c9-6-5-8-3-1-7-2-4-8;1-4-5-6(2,3)7;2*1-2/h7,9H,1-6H2;7H,4-5H2,1-3H3;1-2H3;1-2H. The van der Waals surface area contributed by atoms with Gasteiger partial charge in [-0.2, -0.15) is 12.6 Å². The number of aliphatic hydroxyl groups excluding tert-OH is 1. The van der Waals surface area contributed by atoms with E-state index in [1.54, 1.807) is 0 Å². The molecule has 0 aliphatic carbocycles. The molecule has 0 amide bonds. The molecule has 1 saturated heterocycles. The van der Waals surface area contributed by atoms with Crippen molar-refractivity contribution in [1.82, 2.24) is 10.2 Å². The lowest BCUT2D eigenvalue weighted by atomic mass is 10.1. The smallest absolute Gasteiger partial charge is 0.0558 e. The topological polar surface area (TPSA) is 35.5 Å². The molecule has 1 fully saturated rings. The number of β-amino-alcohol motifs (C(OH)–C–C–N with tert-alkyl or cyclic N) is 1. The van der Waals surface area contributed by atoms with Gasteiger partial charge in [0.15, 0.2) is 0 Å². The maximum absolute atomic E-state index is 8.56. The van der Waals surface area contributed by atoms with Crippen molar-refractivity contribution in [2.45, 2.75) is 52.2 Å². The molecule has 3 nitrogen and oxygen atoms in total. The van der Waals surface area contributed by atoms with Crippen molar-refractivity contribution in [2.75, 3.05) is 39.3 Å². The molecule has 0 atom stereocenters. The van der Waals surface area contributed by atoms with Crippen LogP contribution in [-0.4, -0.2) is 54.1 Å². The summed E-state index contributed by atoms with van der Waals surface area (Å²) in [5.41, 5.74) is 0. The largest absolute Gasteiger partial charge is 0.395 e. The fourth-order valence-corrected chi connectivity index (χ4v) is 1.91.